The molecule has 1 N–H and O–H groups in total. The van der Waals surface area contributed by atoms with Crippen LogP contribution in [-0.2, 0) is 0 Å². The molecule has 118 valence electrons. The van der Waals surface area contributed by atoms with Gasteiger partial charge >= 0.3 is 0 Å². The van der Waals surface area contributed by atoms with Crippen LogP contribution >= 0.6 is 0 Å². The van der Waals surface area contributed by atoms with Crippen molar-refractivity contribution in [2.45, 2.75) is 58.4 Å². The maximum atomic E-state index is 5.73. The van der Waals surface area contributed by atoms with Crippen molar-refractivity contribution in [3.05, 3.63) is 24.0 Å². The molecule has 1 heterocycles. The van der Waals surface area contributed by atoms with Gasteiger partial charge < -0.3 is 10.1 Å². The molecule has 2 rings (SSSR count). The van der Waals surface area contributed by atoms with Crippen LogP contribution in [0.15, 0.2) is 18.5 Å². The Labute approximate surface area is 129 Å². The second-order valence-electron chi connectivity index (χ2n) is 6.27. The lowest BCUT2D eigenvalue weighted by molar-refractivity contribution is 0.214. The molecule has 1 aromatic rings. The monoisotopic (exact) mass is 290 g/mol. The summed E-state index contributed by atoms with van der Waals surface area (Å²) in [6.45, 7) is 5.21. The molecule has 1 saturated carbocycles. The molecule has 3 unspecified atom stereocenters. The number of hydrogen-bond acceptors (Lipinski definition) is 3. The lowest BCUT2D eigenvalue weighted by Crippen LogP contribution is -2.29. The van der Waals surface area contributed by atoms with Crippen molar-refractivity contribution in [2.75, 3.05) is 13.7 Å². The number of pyridine rings is 1. The van der Waals surface area contributed by atoms with Crippen molar-refractivity contribution >= 4 is 0 Å². The summed E-state index contributed by atoms with van der Waals surface area (Å²) in [6, 6.07) is 2.57. The van der Waals surface area contributed by atoms with Crippen molar-refractivity contribution in [1.82, 2.24) is 10.3 Å². The van der Waals surface area contributed by atoms with Gasteiger partial charge in [0.2, 0.25) is 0 Å². The van der Waals surface area contributed by atoms with Crippen molar-refractivity contribution in [3.63, 3.8) is 0 Å². The lowest BCUT2D eigenvalue weighted by atomic mass is 9.75. The van der Waals surface area contributed by atoms with Crippen LogP contribution < -0.4 is 10.1 Å². The first kappa shape index (κ1) is 16.3. The highest BCUT2D eigenvalue weighted by Crippen LogP contribution is 2.38. The molecule has 1 fully saturated rings. The minimum Gasteiger partial charge on any atom is -0.492 e. The predicted octanol–water partition coefficient (Wildman–Crippen LogP) is 4.35. The van der Waals surface area contributed by atoms with Gasteiger partial charge in [-0.3, -0.25) is 4.98 Å². The van der Waals surface area contributed by atoms with Gasteiger partial charge in [-0.25, -0.2) is 0 Å². The largest absolute Gasteiger partial charge is 0.492 e. The summed E-state index contributed by atoms with van der Waals surface area (Å²) in [7, 11) is 2.07. The van der Waals surface area contributed by atoms with E-state index in [2.05, 4.69) is 37.3 Å². The summed E-state index contributed by atoms with van der Waals surface area (Å²) in [5, 5.41) is 3.52. The zero-order valence-corrected chi connectivity index (χ0v) is 13.8. The third-order valence-corrected chi connectivity index (χ3v) is 4.75. The van der Waals surface area contributed by atoms with Gasteiger partial charge in [0.15, 0.2) is 0 Å². The third kappa shape index (κ3) is 4.44. The van der Waals surface area contributed by atoms with Crippen LogP contribution in [0.25, 0.3) is 0 Å². The molecule has 0 aromatic carbocycles. The maximum absolute atomic E-state index is 5.73. The second-order valence-corrected chi connectivity index (χ2v) is 6.27. The Hall–Kier alpha value is -1.09. The zero-order valence-electron chi connectivity index (χ0n) is 13.8. The van der Waals surface area contributed by atoms with Crippen molar-refractivity contribution < 1.29 is 4.74 Å². The van der Waals surface area contributed by atoms with E-state index in [0.717, 1.165) is 30.6 Å². The Morgan fingerprint density at radius 3 is 2.90 bits per heavy atom. The van der Waals surface area contributed by atoms with E-state index in [1.165, 1.54) is 37.7 Å². The first-order valence-electron chi connectivity index (χ1n) is 8.53. The minimum absolute atomic E-state index is 0.400. The van der Waals surface area contributed by atoms with Gasteiger partial charge in [-0.05, 0) is 49.8 Å². The highest BCUT2D eigenvalue weighted by Gasteiger charge is 2.28. The summed E-state index contributed by atoms with van der Waals surface area (Å²) in [5.74, 6) is 2.52. The number of aromatic nitrogens is 1. The summed E-state index contributed by atoms with van der Waals surface area (Å²) in [6.07, 6.45) is 11.6. The van der Waals surface area contributed by atoms with E-state index in [1.807, 2.05) is 12.4 Å². The average molecular weight is 290 g/mol. The molecule has 1 aromatic heterocycles. The molecule has 3 heteroatoms. The van der Waals surface area contributed by atoms with E-state index in [9.17, 15) is 0 Å². The minimum atomic E-state index is 0.400. The van der Waals surface area contributed by atoms with E-state index in [0.29, 0.717) is 6.04 Å². The van der Waals surface area contributed by atoms with Crippen LogP contribution in [0.5, 0.6) is 5.75 Å². The molecular weight excluding hydrogens is 260 g/mol. The lowest BCUT2D eigenvalue weighted by Gasteiger charge is -2.34. The molecule has 3 atom stereocenters. The number of hydrogen-bond donors (Lipinski definition) is 1. The van der Waals surface area contributed by atoms with Gasteiger partial charge in [0.1, 0.15) is 5.75 Å². The number of nitrogens with zero attached hydrogens (tertiary/aromatic N) is 1. The van der Waals surface area contributed by atoms with Crippen molar-refractivity contribution in [1.29, 1.82) is 0 Å². The number of ether oxygens (including phenoxy) is 1. The molecule has 0 spiro atoms. The molecule has 1 aliphatic rings. The Morgan fingerprint density at radius 1 is 1.33 bits per heavy atom. The van der Waals surface area contributed by atoms with Gasteiger partial charge in [-0.1, -0.05) is 33.1 Å². The van der Waals surface area contributed by atoms with Gasteiger partial charge in [0, 0.05) is 12.2 Å². The van der Waals surface area contributed by atoms with Crippen LogP contribution in [0.2, 0.25) is 0 Å². The molecule has 0 saturated heterocycles. The Balaban J connectivity index is 2.09. The van der Waals surface area contributed by atoms with Gasteiger partial charge in [0.05, 0.1) is 12.8 Å². The normalized spacial score (nSPS) is 23.8. The molecule has 3 nitrogen and oxygen atoms in total. The summed E-state index contributed by atoms with van der Waals surface area (Å²) in [5.41, 5.74) is 1.27. The van der Waals surface area contributed by atoms with Crippen LogP contribution in [0.3, 0.4) is 0 Å². The van der Waals surface area contributed by atoms with Crippen molar-refractivity contribution in [2.24, 2.45) is 11.8 Å². The van der Waals surface area contributed by atoms with Gasteiger partial charge in [-0.2, -0.15) is 0 Å². The molecule has 0 bridgehead atoms. The van der Waals surface area contributed by atoms with Gasteiger partial charge in [0.25, 0.3) is 0 Å². The molecule has 0 radical (unpaired) electrons. The maximum Gasteiger partial charge on any atom is 0.137 e. The smallest absolute Gasteiger partial charge is 0.137 e. The third-order valence-electron chi connectivity index (χ3n) is 4.75. The Morgan fingerprint density at radius 2 is 2.19 bits per heavy atom. The SMILES string of the molecule is CCCOc1cncc(C(NC)C2CCCC(CC)C2)c1. The van der Waals surface area contributed by atoms with Crippen LogP contribution in [0, 0.1) is 11.8 Å². The standard InChI is InChI=1S/C18H30N2O/c1-4-9-21-17-11-16(12-20-13-17)18(19-3)15-8-6-7-14(5-2)10-15/h11-15,18-19H,4-10H2,1-3H3. The van der Waals surface area contributed by atoms with Crippen molar-refractivity contribution in [3.8, 4) is 5.75 Å². The molecule has 0 amide bonds. The highest BCUT2D eigenvalue weighted by atomic mass is 16.5. The second kappa shape index (κ2) is 8.38. The highest BCUT2D eigenvalue weighted by molar-refractivity contribution is 5.26. The zero-order chi connectivity index (χ0) is 15.1. The topological polar surface area (TPSA) is 34.1 Å². The first-order chi connectivity index (χ1) is 10.3. The Kier molecular flexibility index (Phi) is 6.50. The van der Waals surface area contributed by atoms with E-state index >= 15 is 0 Å². The van der Waals surface area contributed by atoms with Crippen LogP contribution in [0.4, 0.5) is 0 Å². The Bertz CT molecular complexity index is 421. The molecular formula is C18H30N2O. The fraction of sp³-hybridized carbons (Fsp3) is 0.722. The fourth-order valence-electron chi connectivity index (χ4n) is 3.59. The van der Waals surface area contributed by atoms with E-state index in [4.69, 9.17) is 4.74 Å². The quantitative estimate of drug-likeness (QED) is 0.810. The van der Waals surface area contributed by atoms with Crippen LogP contribution in [-0.4, -0.2) is 18.6 Å². The summed E-state index contributed by atoms with van der Waals surface area (Å²) < 4.78 is 5.73. The molecule has 0 aliphatic heterocycles. The summed E-state index contributed by atoms with van der Waals surface area (Å²) >= 11 is 0. The molecule has 21 heavy (non-hydrogen) atoms. The van der Waals surface area contributed by atoms with Crippen LogP contribution in [0.1, 0.15) is 64.0 Å². The number of nitrogens with one attached hydrogen (secondary N) is 1. The molecule has 1 aliphatic carbocycles. The summed E-state index contributed by atoms with van der Waals surface area (Å²) in [4.78, 5) is 4.38. The van der Waals surface area contributed by atoms with E-state index in [-0.39, 0.29) is 0 Å². The average Bonchev–Trinajstić information content (AvgIpc) is 2.54. The predicted molar refractivity (Wildman–Crippen MR) is 87.6 cm³/mol. The number of rotatable bonds is 7. The van der Waals surface area contributed by atoms with E-state index in [1.54, 1.807) is 0 Å². The van der Waals surface area contributed by atoms with E-state index < -0.39 is 0 Å². The van der Waals surface area contributed by atoms with Gasteiger partial charge in [-0.15, -0.1) is 0 Å². The first-order valence-corrected chi connectivity index (χ1v) is 8.53. The fourth-order valence-corrected chi connectivity index (χ4v) is 3.59.